The first-order chi connectivity index (χ1) is 8.18. The summed E-state index contributed by atoms with van der Waals surface area (Å²) in [6.45, 7) is 0. The van der Waals surface area contributed by atoms with Crippen molar-refractivity contribution in [2.45, 2.75) is 0 Å². The lowest BCUT2D eigenvalue weighted by molar-refractivity contribution is 0.379. The summed E-state index contributed by atoms with van der Waals surface area (Å²) in [5, 5.41) is -1.66. The first-order valence-electron chi connectivity index (χ1n) is 4.35. The molecule has 0 amide bonds. The molecule has 0 saturated heterocycles. The molecule has 0 radical (unpaired) electrons. The summed E-state index contributed by atoms with van der Waals surface area (Å²) in [5.74, 6) is -0.369. The molecule has 2 heterocycles. The zero-order chi connectivity index (χ0) is 13.3. The van der Waals surface area contributed by atoms with Gasteiger partial charge in [-0.15, -0.1) is 0 Å². The molecule has 9 nitrogen and oxygen atoms in total. The molecular formula is C6H5O9P3. The fourth-order valence-corrected chi connectivity index (χ4v) is 4.97. The van der Waals surface area contributed by atoms with Crippen molar-refractivity contribution < 1.29 is 42.3 Å². The highest BCUT2D eigenvalue weighted by atomic mass is 31.2. The number of hydrogen-bond donors (Lipinski definition) is 4. The van der Waals surface area contributed by atoms with Gasteiger partial charge in [-0.05, 0) is 0 Å². The molecular weight excluding hydrogens is 309 g/mol. The van der Waals surface area contributed by atoms with E-state index in [4.69, 9.17) is 23.4 Å². The van der Waals surface area contributed by atoms with E-state index in [0.717, 1.165) is 6.07 Å². The highest BCUT2D eigenvalue weighted by Gasteiger charge is 2.49. The van der Waals surface area contributed by atoms with Crippen molar-refractivity contribution in [2.24, 2.45) is 0 Å². The van der Waals surface area contributed by atoms with Crippen molar-refractivity contribution >= 4 is 34.4 Å². The third-order valence-corrected chi connectivity index (χ3v) is 5.46. The normalized spacial score (nSPS) is 20.3. The van der Waals surface area contributed by atoms with Crippen LogP contribution in [0.3, 0.4) is 0 Å². The van der Waals surface area contributed by atoms with Gasteiger partial charge in [-0.1, -0.05) is 0 Å². The highest BCUT2D eigenvalue weighted by Crippen LogP contribution is 2.65. The zero-order valence-electron chi connectivity index (χ0n) is 8.25. The average molecular weight is 314 g/mol. The van der Waals surface area contributed by atoms with E-state index >= 15 is 0 Å². The Morgan fingerprint density at radius 3 is 2.06 bits per heavy atom. The number of rotatable bonds is 2. The van der Waals surface area contributed by atoms with Gasteiger partial charge in [0.1, 0.15) is 5.30 Å². The van der Waals surface area contributed by atoms with Crippen molar-refractivity contribution in [3.63, 3.8) is 0 Å². The second kappa shape index (κ2) is 3.46. The number of fused-ring (bicyclic) bond motifs is 1. The van der Waals surface area contributed by atoms with Gasteiger partial charge in [-0.3, -0.25) is 9.13 Å². The van der Waals surface area contributed by atoms with Crippen LogP contribution in [-0.4, -0.2) is 19.6 Å². The van der Waals surface area contributed by atoms with E-state index in [-0.39, 0.29) is 17.2 Å². The molecule has 0 saturated carbocycles. The topological polar surface area (TPSA) is 143 Å². The maximum atomic E-state index is 11.4. The summed E-state index contributed by atoms with van der Waals surface area (Å²) >= 11 is 0. The van der Waals surface area contributed by atoms with Crippen molar-refractivity contribution in [3.8, 4) is 17.2 Å². The average Bonchev–Trinajstić information content (AvgIpc) is 2.69. The Labute approximate surface area is 101 Å². The molecule has 1 unspecified atom stereocenters. The summed E-state index contributed by atoms with van der Waals surface area (Å²) in [5.41, 5.74) is 0. The Bertz CT molecular complexity index is 640. The van der Waals surface area contributed by atoms with Crippen molar-refractivity contribution in [1.82, 2.24) is 0 Å². The fraction of sp³-hybridized carbons (Fsp3) is 0. The van der Waals surface area contributed by atoms with Crippen LogP contribution >= 0.6 is 23.8 Å². The van der Waals surface area contributed by atoms with Gasteiger partial charge in [0.05, 0.1) is 5.30 Å². The van der Waals surface area contributed by atoms with Crippen LogP contribution in [0.4, 0.5) is 0 Å². The number of hydrogen-bond acceptors (Lipinski definition) is 5. The van der Waals surface area contributed by atoms with E-state index in [2.05, 4.69) is 0 Å². The van der Waals surface area contributed by atoms with Crippen LogP contribution in [0, 0.1) is 0 Å². The highest BCUT2D eigenvalue weighted by molar-refractivity contribution is 7.67. The maximum Gasteiger partial charge on any atom is 0.530 e. The molecule has 1 atom stereocenters. The summed E-state index contributed by atoms with van der Waals surface area (Å²) in [4.78, 5) is 36.7. The lowest BCUT2D eigenvalue weighted by Gasteiger charge is -2.17. The van der Waals surface area contributed by atoms with Crippen LogP contribution in [0.5, 0.6) is 17.2 Å². The Morgan fingerprint density at radius 1 is 0.944 bits per heavy atom. The standard InChI is InChI=1S/C6H5O9P3/c7-17(8,9)3-1-2-4-5(6(3)18(10,11)12)15-16(13-2)14-4/h1H,(H2,7,8,9)(H2,10,11,12). The van der Waals surface area contributed by atoms with Gasteiger partial charge in [-0.2, -0.15) is 0 Å². The molecule has 0 fully saturated rings. The van der Waals surface area contributed by atoms with Gasteiger partial charge in [-0.25, -0.2) is 0 Å². The molecule has 4 N–H and O–H groups in total. The molecule has 2 aliphatic rings. The third-order valence-electron chi connectivity index (χ3n) is 2.27. The van der Waals surface area contributed by atoms with Crippen LogP contribution in [-0.2, 0) is 9.13 Å². The van der Waals surface area contributed by atoms with Gasteiger partial charge < -0.3 is 33.1 Å². The molecule has 18 heavy (non-hydrogen) atoms. The Kier molecular flexibility index (Phi) is 2.38. The molecule has 0 spiro atoms. The van der Waals surface area contributed by atoms with Gasteiger partial charge in [0, 0.05) is 6.07 Å². The van der Waals surface area contributed by atoms with Gasteiger partial charge in [0.15, 0.2) is 11.5 Å². The van der Waals surface area contributed by atoms with E-state index in [1.165, 1.54) is 0 Å². The van der Waals surface area contributed by atoms with Crippen LogP contribution in [0.15, 0.2) is 6.07 Å². The van der Waals surface area contributed by atoms with E-state index in [0.29, 0.717) is 0 Å². The van der Waals surface area contributed by atoms with Crippen molar-refractivity contribution in [2.75, 3.05) is 0 Å². The predicted octanol–water partition coefficient (Wildman–Crippen LogP) is -0.317. The Balaban J connectivity index is 2.39. The molecule has 1 aromatic rings. The van der Waals surface area contributed by atoms with Crippen LogP contribution < -0.4 is 24.2 Å². The Hall–Kier alpha value is -0.650. The second-order valence-corrected chi connectivity index (χ2v) is 7.59. The van der Waals surface area contributed by atoms with Gasteiger partial charge in [0.25, 0.3) is 0 Å². The predicted molar refractivity (Wildman–Crippen MR) is 58.6 cm³/mol. The summed E-state index contributed by atoms with van der Waals surface area (Å²) in [7, 11) is -11.6. The van der Waals surface area contributed by atoms with Crippen LogP contribution in [0.1, 0.15) is 0 Å². The Morgan fingerprint density at radius 2 is 1.56 bits per heavy atom. The molecule has 12 heteroatoms. The molecule has 0 aliphatic carbocycles. The molecule has 0 aromatic heterocycles. The van der Waals surface area contributed by atoms with Gasteiger partial charge >= 0.3 is 23.8 Å². The third kappa shape index (κ3) is 1.68. The zero-order valence-corrected chi connectivity index (χ0v) is 10.9. The lowest BCUT2D eigenvalue weighted by Crippen LogP contribution is -2.27. The molecule has 1 aromatic carbocycles. The molecule has 98 valence electrons. The molecule has 2 bridgehead atoms. The SMILES string of the molecule is O=P(O)(O)c1cc2c3c(c1P(=O)(O)O)OP(O2)O3. The van der Waals surface area contributed by atoms with E-state index in [1.54, 1.807) is 0 Å². The van der Waals surface area contributed by atoms with E-state index in [9.17, 15) is 18.9 Å². The summed E-state index contributed by atoms with van der Waals surface area (Å²) in [6.07, 6.45) is 0. The monoisotopic (exact) mass is 314 g/mol. The van der Waals surface area contributed by atoms with E-state index in [1.807, 2.05) is 0 Å². The van der Waals surface area contributed by atoms with Crippen LogP contribution in [0.2, 0.25) is 0 Å². The van der Waals surface area contributed by atoms with Gasteiger partial charge in [0.2, 0.25) is 5.75 Å². The smallest absolute Gasteiger partial charge is 0.404 e. The quantitative estimate of drug-likeness (QED) is 0.540. The molecule has 3 rings (SSSR count). The van der Waals surface area contributed by atoms with Crippen molar-refractivity contribution in [1.29, 1.82) is 0 Å². The first-order valence-corrected chi connectivity index (χ1v) is 8.67. The number of benzene rings is 1. The summed E-state index contributed by atoms with van der Waals surface area (Å²) in [6, 6.07) is 0.874. The lowest BCUT2D eigenvalue weighted by atomic mass is 10.3. The summed E-state index contributed by atoms with van der Waals surface area (Å²) < 4.78 is 37.6. The maximum absolute atomic E-state index is 11.4. The minimum absolute atomic E-state index is 0.0119. The van der Waals surface area contributed by atoms with Crippen molar-refractivity contribution in [3.05, 3.63) is 6.07 Å². The van der Waals surface area contributed by atoms with E-state index < -0.39 is 34.4 Å². The minimum Gasteiger partial charge on any atom is -0.404 e. The fourth-order valence-electron chi connectivity index (χ4n) is 1.62. The second-order valence-electron chi connectivity index (χ2n) is 3.49. The van der Waals surface area contributed by atoms with Crippen LogP contribution in [0.25, 0.3) is 0 Å². The minimum atomic E-state index is -4.93. The largest absolute Gasteiger partial charge is 0.530 e. The first kappa shape index (κ1) is 12.4. The molecule has 2 aliphatic heterocycles.